The number of nitrogen functional groups attached to an aromatic ring is 1. The maximum Gasteiger partial charge on any atom is 0.254 e. The summed E-state index contributed by atoms with van der Waals surface area (Å²) in [4.78, 5) is 22.9. The van der Waals surface area contributed by atoms with E-state index in [1.165, 1.54) is 0 Å². The predicted molar refractivity (Wildman–Crippen MR) is 97.6 cm³/mol. The standard InChI is InChI=1S/C18H21ClN4O2/c1-11-15(19)16(22-18(20)21-11)12-5-7-13(8-6-12)17(24)23-9-3-4-14(23)10-25-2/h5-8,14H,3-4,9-10H2,1-2H3,(H2,20,21,22). The van der Waals surface area contributed by atoms with E-state index in [-0.39, 0.29) is 17.9 Å². The number of aromatic nitrogens is 2. The number of nitrogens with zero attached hydrogens (tertiary/aromatic N) is 3. The van der Waals surface area contributed by atoms with Crippen molar-refractivity contribution in [2.75, 3.05) is 26.0 Å². The molecule has 1 atom stereocenters. The second-order valence-corrected chi connectivity index (χ2v) is 6.54. The molecule has 25 heavy (non-hydrogen) atoms. The van der Waals surface area contributed by atoms with E-state index in [1.54, 1.807) is 26.2 Å². The third kappa shape index (κ3) is 3.60. The molecule has 7 heteroatoms. The lowest BCUT2D eigenvalue weighted by atomic mass is 10.1. The monoisotopic (exact) mass is 360 g/mol. The van der Waals surface area contributed by atoms with Crippen LogP contribution in [0.5, 0.6) is 0 Å². The van der Waals surface area contributed by atoms with Gasteiger partial charge in [-0.15, -0.1) is 0 Å². The van der Waals surface area contributed by atoms with E-state index >= 15 is 0 Å². The van der Waals surface area contributed by atoms with E-state index < -0.39 is 0 Å². The topological polar surface area (TPSA) is 81.3 Å². The van der Waals surface area contributed by atoms with Crippen molar-refractivity contribution in [3.8, 4) is 11.3 Å². The lowest BCUT2D eigenvalue weighted by Crippen LogP contribution is -2.38. The van der Waals surface area contributed by atoms with Crippen LogP contribution in [0.1, 0.15) is 28.9 Å². The van der Waals surface area contributed by atoms with Crippen molar-refractivity contribution in [1.29, 1.82) is 0 Å². The zero-order valence-corrected chi connectivity index (χ0v) is 15.1. The molecule has 1 saturated heterocycles. The zero-order valence-electron chi connectivity index (χ0n) is 14.3. The molecule has 1 unspecified atom stereocenters. The molecule has 1 amide bonds. The molecule has 6 nitrogen and oxygen atoms in total. The number of likely N-dealkylation sites (tertiary alicyclic amines) is 1. The molecule has 1 fully saturated rings. The summed E-state index contributed by atoms with van der Waals surface area (Å²) >= 11 is 6.29. The fraction of sp³-hybridized carbons (Fsp3) is 0.389. The molecular formula is C18H21ClN4O2. The normalized spacial score (nSPS) is 17.1. The number of amides is 1. The second kappa shape index (κ2) is 7.37. The third-order valence-electron chi connectivity index (χ3n) is 4.44. The summed E-state index contributed by atoms with van der Waals surface area (Å²) in [5, 5.41) is 0.466. The van der Waals surface area contributed by atoms with Crippen LogP contribution < -0.4 is 5.73 Å². The summed E-state index contributed by atoms with van der Waals surface area (Å²) in [6.07, 6.45) is 1.99. The van der Waals surface area contributed by atoms with E-state index in [4.69, 9.17) is 22.1 Å². The summed E-state index contributed by atoms with van der Waals surface area (Å²) < 4.78 is 5.22. The number of halogens is 1. The molecule has 2 aromatic rings. The number of aryl methyl sites for hydroxylation is 1. The Bertz CT molecular complexity index is 779. The van der Waals surface area contributed by atoms with Gasteiger partial charge in [0, 0.05) is 24.8 Å². The maximum atomic E-state index is 12.8. The number of methoxy groups -OCH3 is 1. The summed E-state index contributed by atoms with van der Waals surface area (Å²) in [6, 6.07) is 7.41. The molecule has 0 saturated carbocycles. The van der Waals surface area contributed by atoms with E-state index in [9.17, 15) is 4.79 Å². The lowest BCUT2D eigenvalue weighted by Gasteiger charge is -2.24. The number of ether oxygens (including phenoxy) is 1. The molecule has 2 heterocycles. The van der Waals surface area contributed by atoms with Crippen LogP contribution in [0.2, 0.25) is 5.02 Å². The molecule has 1 aliphatic heterocycles. The van der Waals surface area contributed by atoms with Gasteiger partial charge in [-0.05, 0) is 31.9 Å². The fourth-order valence-electron chi connectivity index (χ4n) is 3.18. The minimum Gasteiger partial charge on any atom is -0.383 e. The van der Waals surface area contributed by atoms with Gasteiger partial charge in [-0.2, -0.15) is 0 Å². The highest BCUT2D eigenvalue weighted by atomic mass is 35.5. The minimum atomic E-state index is 0.0237. The quantitative estimate of drug-likeness (QED) is 0.906. The van der Waals surface area contributed by atoms with Gasteiger partial charge in [0.25, 0.3) is 5.91 Å². The van der Waals surface area contributed by atoms with Crippen molar-refractivity contribution in [2.45, 2.75) is 25.8 Å². The van der Waals surface area contributed by atoms with Crippen LogP contribution >= 0.6 is 11.6 Å². The molecule has 0 aliphatic carbocycles. The van der Waals surface area contributed by atoms with Crippen LogP contribution in [0.4, 0.5) is 5.95 Å². The van der Waals surface area contributed by atoms with Crippen LogP contribution in [0.25, 0.3) is 11.3 Å². The smallest absolute Gasteiger partial charge is 0.254 e. The van der Waals surface area contributed by atoms with E-state index in [0.29, 0.717) is 28.6 Å². The SMILES string of the molecule is COCC1CCCN1C(=O)c1ccc(-c2nc(N)nc(C)c2Cl)cc1. The first-order valence-corrected chi connectivity index (χ1v) is 8.59. The Kier molecular flexibility index (Phi) is 5.20. The molecule has 1 aliphatic rings. The van der Waals surface area contributed by atoms with Gasteiger partial charge in [-0.3, -0.25) is 4.79 Å². The zero-order chi connectivity index (χ0) is 18.0. The van der Waals surface area contributed by atoms with Crippen LogP contribution in [0.15, 0.2) is 24.3 Å². The Balaban J connectivity index is 1.84. The lowest BCUT2D eigenvalue weighted by molar-refractivity contribution is 0.0630. The molecular weight excluding hydrogens is 340 g/mol. The Hall–Kier alpha value is -2.18. The van der Waals surface area contributed by atoms with Crippen LogP contribution in [0, 0.1) is 6.92 Å². The van der Waals surface area contributed by atoms with E-state index in [2.05, 4.69) is 9.97 Å². The van der Waals surface area contributed by atoms with Gasteiger partial charge in [0.15, 0.2) is 0 Å². The summed E-state index contributed by atoms with van der Waals surface area (Å²) in [6.45, 7) is 3.12. The summed E-state index contributed by atoms with van der Waals surface area (Å²) in [7, 11) is 1.66. The highest BCUT2D eigenvalue weighted by Crippen LogP contribution is 2.29. The Morgan fingerprint density at radius 1 is 1.36 bits per heavy atom. The summed E-state index contributed by atoms with van der Waals surface area (Å²) in [5.41, 5.74) is 8.36. The number of hydrogen-bond acceptors (Lipinski definition) is 5. The first-order valence-electron chi connectivity index (χ1n) is 8.21. The van der Waals surface area contributed by atoms with Crippen LogP contribution in [-0.4, -0.2) is 47.1 Å². The van der Waals surface area contributed by atoms with Gasteiger partial charge in [0.2, 0.25) is 5.95 Å². The van der Waals surface area contributed by atoms with Crippen molar-refractivity contribution in [2.24, 2.45) is 0 Å². The van der Waals surface area contributed by atoms with Crippen molar-refractivity contribution >= 4 is 23.5 Å². The molecule has 132 valence electrons. The third-order valence-corrected chi connectivity index (χ3v) is 4.89. The number of benzene rings is 1. The highest BCUT2D eigenvalue weighted by Gasteiger charge is 2.29. The van der Waals surface area contributed by atoms with Gasteiger partial charge in [0.1, 0.15) is 0 Å². The van der Waals surface area contributed by atoms with E-state index in [0.717, 1.165) is 24.9 Å². The van der Waals surface area contributed by atoms with Gasteiger partial charge in [-0.25, -0.2) is 9.97 Å². The molecule has 1 aromatic heterocycles. The number of carbonyl (C=O) groups is 1. The largest absolute Gasteiger partial charge is 0.383 e. The Morgan fingerprint density at radius 2 is 2.08 bits per heavy atom. The van der Waals surface area contributed by atoms with Gasteiger partial charge >= 0.3 is 0 Å². The first kappa shape index (κ1) is 17.6. The number of nitrogens with two attached hydrogens (primary N) is 1. The first-order chi connectivity index (χ1) is 12.0. The van der Waals surface area contributed by atoms with Crippen molar-refractivity contribution in [3.63, 3.8) is 0 Å². The Labute approximate surface area is 152 Å². The van der Waals surface area contributed by atoms with Crippen molar-refractivity contribution < 1.29 is 9.53 Å². The predicted octanol–water partition coefficient (Wildman–Crippen LogP) is 2.94. The molecule has 0 radical (unpaired) electrons. The van der Waals surface area contributed by atoms with Gasteiger partial charge in [-0.1, -0.05) is 23.7 Å². The molecule has 3 rings (SSSR count). The van der Waals surface area contributed by atoms with E-state index in [1.807, 2.05) is 17.0 Å². The maximum absolute atomic E-state index is 12.8. The fourth-order valence-corrected chi connectivity index (χ4v) is 3.37. The average molecular weight is 361 g/mol. The summed E-state index contributed by atoms with van der Waals surface area (Å²) in [5.74, 6) is 0.201. The molecule has 1 aromatic carbocycles. The van der Waals surface area contributed by atoms with Crippen molar-refractivity contribution in [1.82, 2.24) is 14.9 Å². The average Bonchev–Trinajstić information content (AvgIpc) is 3.06. The minimum absolute atomic E-state index is 0.0237. The number of anilines is 1. The van der Waals surface area contributed by atoms with Gasteiger partial charge < -0.3 is 15.4 Å². The number of carbonyl (C=O) groups excluding carboxylic acids is 1. The van der Waals surface area contributed by atoms with Gasteiger partial charge in [0.05, 0.1) is 29.1 Å². The number of hydrogen-bond donors (Lipinski definition) is 1. The van der Waals surface area contributed by atoms with Crippen LogP contribution in [-0.2, 0) is 4.74 Å². The second-order valence-electron chi connectivity index (χ2n) is 6.16. The molecule has 2 N–H and O–H groups in total. The Morgan fingerprint density at radius 3 is 2.76 bits per heavy atom. The molecule has 0 bridgehead atoms. The van der Waals surface area contributed by atoms with Crippen molar-refractivity contribution in [3.05, 3.63) is 40.5 Å². The number of rotatable bonds is 4. The highest BCUT2D eigenvalue weighted by molar-refractivity contribution is 6.33. The van der Waals surface area contributed by atoms with Crippen LogP contribution in [0.3, 0.4) is 0 Å². The molecule has 0 spiro atoms.